The summed E-state index contributed by atoms with van der Waals surface area (Å²) in [5.41, 5.74) is 2.58. The fraction of sp³-hybridized carbons (Fsp3) is 0.595. The first kappa shape index (κ1) is 39.1. The van der Waals surface area contributed by atoms with Gasteiger partial charge in [0.1, 0.15) is 17.8 Å². The van der Waals surface area contributed by atoms with E-state index >= 15 is 0 Å². The molecule has 2 aliphatic carbocycles. The fourth-order valence-electron chi connectivity index (χ4n) is 7.95. The molecule has 2 aliphatic heterocycles. The smallest absolute Gasteiger partial charge is 0.246 e. The van der Waals surface area contributed by atoms with Crippen molar-refractivity contribution in [2.75, 3.05) is 13.2 Å². The maximum absolute atomic E-state index is 14.8. The van der Waals surface area contributed by atoms with Crippen LogP contribution in [0.4, 0.5) is 0 Å². The van der Waals surface area contributed by atoms with E-state index in [9.17, 15) is 24.0 Å². The Morgan fingerprint density at radius 1 is 1.04 bits per heavy atom. The zero-order valence-electron chi connectivity index (χ0n) is 32.7. The van der Waals surface area contributed by atoms with Gasteiger partial charge in [-0.25, -0.2) is 0 Å². The molecular weight excluding hydrogens is 686 g/mol. The molecule has 2 N–H and O–H groups in total. The Balaban J connectivity index is 1.25. The number of Topliss-reactive ketones (excluding diaryl/α,β-unsaturated/α-hetero) is 2. The Kier molecular flexibility index (Phi) is 11.3. The number of hydrogen-bond acceptors (Lipinski definition) is 9. The Morgan fingerprint density at radius 3 is 2.37 bits per heavy atom. The minimum atomic E-state index is -1.04. The van der Waals surface area contributed by atoms with Crippen molar-refractivity contribution in [1.82, 2.24) is 20.5 Å². The Hall–Kier alpha value is -4.61. The zero-order chi connectivity index (χ0) is 38.9. The van der Waals surface area contributed by atoms with Gasteiger partial charge in [0.25, 0.3) is 0 Å². The summed E-state index contributed by atoms with van der Waals surface area (Å²) in [6.07, 6.45) is 5.73. The molecule has 1 aromatic heterocycles. The summed E-state index contributed by atoms with van der Waals surface area (Å²) >= 11 is 0. The minimum Gasteiger partial charge on any atom is -0.493 e. The van der Waals surface area contributed by atoms with E-state index in [1.54, 1.807) is 6.20 Å². The number of benzene rings is 1. The Bertz CT molecular complexity index is 1790. The van der Waals surface area contributed by atoms with Crippen LogP contribution in [0.25, 0.3) is 0 Å². The van der Waals surface area contributed by atoms with Crippen LogP contribution < -0.4 is 15.4 Å². The molecule has 0 radical (unpaired) electrons. The van der Waals surface area contributed by atoms with Crippen molar-refractivity contribution in [2.45, 2.75) is 129 Å². The van der Waals surface area contributed by atoms with Crippen molar-refractivity contribution < 1.29 is 33.5 Å². The van der Waals surface area contributed by atoms with E-state index in [4.69, 9.17) is 9.57 Å². The molecule has 54 heavy (non-hydrogen) atoms. The number of rotatable bonds is 15. The molecule has 2 saturated carbocycles. The van der Waals surface area contributed by atoms with Gasteiger partial charge in [0.2, 0.25) is 29.3 Å². The van der Waals surface area contributed by atoms with Crippen LogP contribution >= 0.6 is 0 Å². The zero-order valence-corrected chi connectivity index (χ0v) is 32.7. The van der Waals surface area contributed by atoms with E-state index in [0.29, 0.717) is 38.0 Å². The van der Waals surface area contributed by atoms with E-state index in [1.807, 2.05) is 78.8 Å². The van der Waals surface area contributed by atoms with Gasteiger partial charge in [0.05, 0.1) is 24.9 Å². The van der Waals surface area contributed by atoms with Gasteiger partial charge in [-0.1, -0.05) is 45.3 Å². The summed E-state index contributed by atoms with van der Waals surface area (Å²) in [7, 11) is 0. The van der Waals surface area contributed by atoms with E-state index < -0.39 is 52.5 Å². The topological polar surface area (TPSA) is 156 Å². The molecule has 2 aromatic rings. The van der Waals surface area contributed by atoms with Crippen molar-refractivity contribution >= 4 is 35.0 Å². The molecule has 1 saturated heterocycles. The summed E-state index contributed by atoms with van der Waals surface area (Å²) in [6, 6.07) is 6.64. The van der Waals surface area contributed by atoms with Crippen LogP contribution in [0.1, 0.15) is 114 Å². The van der Waals surface area contributed by atoms with Crippen molar-refractivity contribution in [1.29, 1.82) is 0 Å². The molecule has 3 amide bonds. The molecule has 3 heterocycles. The maximum Gasteiger partial charge on any atom is 0.246 e. The molecule has 0 unspecified atom stereocenters. The number of hydrogen-bond donors (Lipinski definition) is 2. The summed E-state index contributed by atoms with van der Waals surface area (Å²) in [5, 5.41) is 10.4. The lowest BCUT2D eigenvalue weighted by molar-refractivity contribution is -0.145. The molecule has 12 nitrogen and oxygen atoms in total. The van der Waals surface area contributed by atoms with Gasteiger partial charge in [-0.15, -0.1) is 0 Å². The van der Waals surface area contributed by atoms with Gasteiger partial charge in [0.15, 0.2) is 5.60 Å². The third-order valence-corrected chi connectivity index (χ3v) is 11.2. The first-order valence-electron chi connectivity index (χ1n) is 19.5. The van der Waals surface area contributed by atoms with Crippen molar-refractivity contribution in [3.8, 4) is 5.75 Å². The summed E-state index contributed by atoms with van der Waals surface area (Å²) in [6.45, 7) is 14.0. The highest BCUT2D eigenvalue weighted by atomic mass is 16.7. The van der Waals surface area contributed by atoms with Gasteiger partial charge >= 0.3 is 0 Å². The second-order valence-corrected chi connectivity index (χ2v) is 16.8. The average Bonchev–Trinajstić information content (AvgIpc) is 4.05. The first-order chi connectivity index (χ1) is 25.6. The highest BCUT2D eigenvalue weighted by molar-refractivity contribution is 6.39. The third-order valence-electron chi connectivity index (χ3n) is 11.2. The van der Waals surface area contributed by atoms with E-state index in [2.05, 4.69) is 20.8 Å². The number of ketones is 2. The van der Waals surface area contributed by atoms with Crippen LogP contribution in [-0.2, 0) is 28.8 Å². The molecule has 6 atom stereocenters. The van der Waals surface area contributed by atoms with E-state index in [1.165, 1.54) is 4.90 Å². The summed E-state index contributed by atoms with van der Waals surface area (Å²) in [5.74, 6) is -1.54. The number of amides is 3. The molecule has 3 fully saturated rings. The van der Waals surface area contributed by atoms with Gasteiger partial charge in [-0.3, -0.25) is 29.0 Å². The number of aryl methyl sites for hydroxylation is 2. The Morgan fingerprint density at radius 2 is 1.76 bits per heavy atom. The minimum absolute atomic E-state index is 0.0245. The molecule has 290 valence electrons. The number of oxime groups is 1. The normalized spacial score (nSPS) is 24.3. The second-order valence-electron chi connectivity index (χ2n) is 16.8. The number of aromatic nitrogens is 1. The van der Waals surface area contributed by atoms with Crippen molar-refractivity contribution in [2.24, 2.45) is 22.4 Å². The average molecular weight is 742 g/mol. The lowest BCUT2D eigenvalue weighted by Gasteiger charge is -2.35. The lowest BCUT2D eigenvalue weighted by Crippen LogP contribution is -2.59. The number of nitrogens with one attached hydrogen (secondary N) is 2. The quantitative estimate of drug-likeness (QED) is 0.239. The van der Waals surface area contributed by atoms with Gasteiger partial charge in [-0.2, -0.15) is 0 Å². The highest BCUT2D eigenvalue weighted by Gasteiger charge is 2.56. The number of pyridine rings is 1. The van der Waals surface area contributed by atoms with Gasteiger partial charge in [0, 0.05) is 48.6 Å². The highest BCUT2D eigenvalue weighted by Crippen LogP contribution is 2.47. The fourth-order valence-corrected chi connectivity index (χ4v) is 7.95. The molecule has 1 aromatic carbocycles. The molecular formula is C42H55N5O7. The van der Waals surface area contributed by atoms with E-state index in [-0.39, 0.29) is 43.0 Å². The largest absolute Gasteiger partial charge is 0.493 e. The summed E-state index contributed by atoms with van der Waals surface area (Å²) in [4.78, 5) is 81.1. The number of nitrogens with zero attached hydrogens (tertiary/aromatic N) is 3. The van der Waals surface area contributed by atoms with Gasteiger partial charge in [-0.05, 0) is 93.2 Å². The molecule has 4 aliphatic rings. The number of ether oxygens (including phenoxy) is 1. The van der Waals surface area contributed by atoms with Gasteiger partial charge < -0.3 is 25.1 Å². The monoisotopic (exact) mass is 741 g/mol. The van der Waals surface area contributed by atoms with Crippen molar-refractivity contribution in [3.63, 3.8) is 0 Å². The molecule has 6 rings (SSSR count). The second kappa shape index (κ2) is 15.6. The SMILES string of the molecule is CCC[C@H](NC(=O)[C@@H]1C[C@]2(CC(c3cc(C)c(OCC)c(C)c3)=NO2)CN1C(=O)[C@@H](NC(=O)[C@@H]1C[C@H]1c1ccccn1)C(C)(C)C)C(=O)C(=O)CC1CC1. The number of carbonyl (C=O) groups is 5. The predicted octanol–water partition coefficient (Wildman–Crippen LogP) is 5.12. The molecule has 12 heteroatoms. The predicted molar refractivity (Wildman–Crippen MR) is 203 cm³/mol. The van der Waals surface area contributed by atoms with Crippen LogP contribution in [-0.4, -0.2) is 81.8 Å². The van der Waals surface area contributed by atoms with Crippen LogP contribution in [0, 0.1) is 31.1 Å². The summed E-state index contributed by atoms with van der Waals surface area (Å²) < 4.78 is 5.85. The number of carbonyl (C=O) groups excluding carboxylic acids is 5. The van der Waals surface area contributed by atoms with Crippen molar-refractivity contribution in [3.05, 3.63) is 58.9 Å². The standard InChI is InChI=1S/C42H55N5O7/c1-8-12-31(35(49)34(48)19-26-14-15-26)44-39(51)33-22-42(21-32(46-54-42)27-17-24(3)36(53-9-2)25(4)18-27)23-47(33)40(52)37(41(5,6)7)45-38(50)29-20-28(29)30-13-10-11-16-43-30/h10-11,13,16-18,26,28-29,31,33,37H,8-9,12,14-15,19-23H2,1-7H3,(H,44,51)(H,45,50)/t28-,29-,31+,33+,37-,42-/m1/s1. The van der Waals surface area contributed by atoms with Crippen LogP contribution in [0.3, 0.4) is 0 Å². The molecule has 1 spiro atoms. The van der Waals surface area contributed by atoms with Crippen LogP contribution in [0.15, 0.2) is 41.7 Å². The Labute approximate surface area is 318 Å². The van der Waals surface area contributed by atoms with E-state index in [0.717, 1.165) is 41.0 Å². The lowest BCUT2D eigenvalue weighted by atomic mass is 9.85. The first-order valence-corrected chi connectivity index (χ1v) is 19.5. The van der Waals surface area contributed by atoms with Crippen LogP contribution in [0.5, 0.6) is 5.75 Å². The number of likely N-dealkylation sites (tertiary alicyclic amines) is 1. The maximum atomic E-state index is 14.8. The third kappa shape index (κ3) is 8.52. The molecule has 0 bridgehead atoms. The van der Waals surface area contributed by atoms with Crippen LogP contribution in [0.2, 0.25) is 0 Å².